The number of methoxy groups -OCH3 is 2. The summed E-state index contributed by atoms with van der Waals surface area (Å²) in [6, 6.07) is 5.06. The van der Waals surface area contributed by atoms with Gasteiger partial charge in [-0.15, -0.1) is 0 Å². The van der Waals surface area contributed by atoms with Crippen LogP contribution in [-0.4, -0.2) is 38.9 Å². The molecule has 24 heavy (non-hydrogen) atoms. The second-order valence-electron chi connectivity index (χ2n) is 5.02. The van der Waals surface area contributed by atoms with E-state index in [0.717, 1.165) is 11.6 Å². The molecule has 0 saturated heterocycles. The van der Waals surface area contributed by atoms with Crippen LogP contribution in [0, 0.1) is 0 Å². The number of ether oxygens (including phenoxy) is 2. The number of furan rings is 1. The van der Waals surface area contributed by atoms with Crippen LogP contribution in [-0.2, 0) is 10.0 Å². The number of hydrogen-bond acceptors (Lipinski definition) is 7. The van der Waals surface area contributed by atoms with E-state index in [1.807, 2.05) is 0 Å². The van der Waals surface area contributed by atoms with Gasteiger partial charge in [0.1, 0.15) is 12.6 Å². The SMILES string of the molecule is COc1cc2ncnc(-c3coc(NS(C)(=O)=O)c3)c2cc1OC. The first kappa shape index (κ1) is 16.1. The van der Waals surface area contributed by atoms with Crippen molar-refractivity contribution in [1.29, 1.82) is 0 Å². The summed E-state index contributed by atoms with van der Waals surface area (Å²) in [6.45, 7) is 0. The van der Waals surface area contributed by atoms with Gasteiger partial charge in [-0.2, -0.15) is 0 Å². The van der Waals surface area contributed by atoms with Crippen molar-refractivity contribution in [3.63, 3.8) is 0 Å². The molecule has 2 aromatic heterocycles. The number of anilines is 1. The highest BCUT2D eigenvalue weighted by Crippen LogP contribution is 2.36. The molecule has 3 aromatic rings. The smallest absolute Gasteiger partial charge is 0.232 e. The molecule has 0 fully saturated rings. The Morgan fingerprint density at radius 1 is 1.08 bits per heavy atom. The molecule has 126 valence electrons. The fourth-order valence-electron chi connectivity index (χ4n) is 2.31. The van der Waals surface area contributed by atoms with Crippen molar-refractivity contribution in [2.75, 3.05) is 25.2 Å². The van der Waals surface area contributed by atoms with Crippen LogP contribution in [0.15, 0.2) is 35.2 Å². The van der Waals surface area contributed by atoms with E-state index in [1.54, 1.807) is 32.4 Å². The summed E-state index contributed by atoms with van der Waals surface area (Å²) in [4.78, 5) is 8.50. The van der Waals surface area contributed by atoms with Gasteiger partial charge in [-0.1, -0.05) is 0 Å². The maximum Gasteiger partial charge on any atom is 0.232 e. The molecular weight excluding hydrogens is 334 g/mol. The molecule has 0 spiro atoms. The van der Waals surface area contributed by atoms with Crippen molar-refractivity contribution in [2.45, 2.75) is 0 Å². The summed E-state index contributed by atoms with van der Waals surface area (Å²) >= 11 is 0. The van der Waals surface area contributed by atoms with Crippen LogP contribution in [0.3, 0.4) is 0 Å². The number of fused-ring (bicyclic) bond motifs is 1. The molecule has 9 heteroatoms. The summed E-state index contributed by atoms with van der Waals surface area (Å²) in [5.41, 5.74) is 1.86. The molecule has 0 radical (unpaired) electrons. The van der Waals surface area contributed by atoms with Crippen molar-refractivity contribution in [1.82, 2.24) is 9.97 Å². The summed E-state index contributed by atoms with van der Waals surface area (Å²) in [5.74, 6) is 1.21. The predicted molar refractivity (Wildman–Crippen MR) is 88.8 cm³/mol. The molecule has 0 saturated carbocycles. The van der Waals surface area contributed by atoms with Gasteiger partial charge in [-0.05, 0) is 6.07 Å². The molecule has 0 bridgehead atoms. The van der Waals surface area contributed by atoms with Gasteiger partial charge >= 0.3 is 0 Å². The lowest BCUT2D eigenvalue weighted by Gasteiger charge is -2.10. The number of nitrogens with zero attached hydrogens (tertiary/aromatic N) is 2. The largest absolute Gasteiger partial charge is 0.493 e. The lowest BCUT2D eigenvalue weighted by atomic mass is 10.1. The molecule has 8 nitrogen and oxygen atoms in total. The Labute approximate surface area is 138 Å². The van der Waals surface area contributed by atoms with E-state index in [-0.39, 0.29) is 5.88 Å². The fourth-order valence-corrected chi connectivity index (χ4v) is 2.78. The third-order valence-electron chi connectivity index (χ3n) is 3.30. The van der Waals surface area contributed by atoms with E-state index >= 15 is 0 Å². The topological polar surface area (TPSA) is 104 Å². The number of benzene rings is 1. The molecule has 0 unspecified atom stereocenters. The average molecular weight is 349 g/mol. The second-order valence-corrected chi connectivity index (χ2v) is 6.77. The van der Waals surface area contributed by atoms with Crippen LogP contribution in [0.1, 0.15) is 0 Å². The second kappa shape index (κ2) is 6.00. The molecule has 2 heterocycles. The fraction of sp³-hybridized carbons (Fsp3) is 0.200. The van der Waals surface area contributed by atoms with E-state index in [0.29, 0.717) is 28.3 Å². The first-order valence-corrected chi connectivity index (χ1v) is 8.74. The summed E-state index contributed by atoms with van der Waals surface area (Å²) < 4.78 is 40.7. The van der Waals surface area contributed by atoms with Crippen molar-refractivity contribution in [3.8, 4) is 22.8 Å². The minimum absolute atomic E-state index is 0.111. The van der Waals surface area contributed by atoms with Crippen LogP contribution in [0.4, 0.5) is 5.88 Å². The maximum absolute atomic E-state index is 11.3. The highest BCUT2D eigenvalue weighted by Gasteiger charge is 2.15. The molecule has 3 rings (SSSR count). The average Bonchev–Trinajstić information content (AvgIpc) is 2.99. The van der Waals surface area contributed by atoms with Crippen molar-refractivity contribution in [2.24, 2.45) is 0 Å². The zero-order chi connectivity index (χ0) is 17.3. The van der Waals surface area contributed by atoms with Crippen LogP contribution < -0.4 is 14.2 Å². The number of hydrogen-bond donors (Lipinski definition) is 1. The Kier molecular flexibility index (Phi) is 4.02. The number of nitrogens with one attached hydrogen (secondary N) is 1. The Hall–Kier alpha value is -2.81. The number of rotatable bonds is 5. The summed E-state index contributed by atoms with van der Waals surface area (Å²) in [7, 11) is -0.334. The zero-order valence-corrected chi connectivity index (χ0v) is 14.0. The Morgan fingerprint density at radius 3 is 2.46 bits per heavy atom. The molecule has 0 aliphatic heterocycles. The zero-order valence-electron chi connectivity index (χ0n) is 13.2. The Balaban J connectivity index is 2.13. The minimum atomic E-state index is -3.42. The Bertz CT molecular complexity index is 998. The quantitative estimate of drug-likeness (QED) is 0.753. The molecular formula is C15H15N3O5S. The van der Waals surface area contributed by atoms with Crippen molar-refractivity contribution < 1.29 is 22.3 Å². The van der Waals surface area contributed by atoms with Gasteiger partial charge in [-0.3, -0.25) is 4.72 Å². The van der Waals surface area contributed by atoms with E-state index in [1.165, 1.54) is 12.6 Å². The predicted octanol–water partition coefficient (Wildman–Crippen LogP) is 2.28. The lowest BCUT2D eigenvalue weighted by molar-refractivity contribution is 0.356. The normalized spacial score (nSPS) is 11.5. The van der Waals surface area contributed by atoms with Gasteiger partial charge in [-0.25, -0.2) is 18.4 Å². The van der Waals surface area contributed by atoms with Gasteiger partial charge in [0.25, 0.3) is 0 Å². The Morgan fingerprint density at radius 2 is 1.79 bits per heavy atom. The van der Waals surface area contributed by atoms with Gasteiger partial charge in [0.05, 0.1) is 31.7 Å². The molecule has 0 aliphatic carbocycles. The first-order chi connectivity index (χ1) is 11.4. The van der Waals surface area contributed by atoms with Gasteiger partial charge in [0.2, 0.25) is 15.9 Å². The van der Waals surface area contributed by atoms with Gasteiger partial charge < -0.3 is 13.9 Å². The lowest BCUT2D eigenvalue weighted by Crippen LogP contribution is -2.08. The van der Waals surface area contributed by atoms with E-state index in [9.17, 15) is 8.42 Å². The van der Waals surface area contributed by atoms with Crippen molar-refractivity contribution in [3.05, 3.63) is 30.8 Å². The molecule has 0 aliphatic rings. The molecule has 0 atom stereocenters. The summed E-state index contributed by atoms with van der Waals surface area (Å²) in [5, 5.41) is 0.724. The summed E-state index contributed by atoms with van der Waals surface area (Å²) in [6.07, 6.45) is 3.89. The van der Waals surface area contributed by atoms with Crippen LogP contribution in [0.2, 0.25) is 0 Å². The van der Waals surface area contributed by atoms with Gasteiger partial charge in [0, 0.05) is 23.1 Å². The highest BCUT2D eigenvalue weighted by atomic mass is 32.2. The van der Waals surface area contributed by atoms with Gasteiger partial charge in [0.15, 0.2) is 11.5 Å². The first-order valence-electron chi connectivity index (χ1n) is 6.84. The standard InChI is InChI=1S/C15H15N3O5S/c1-21-12-5-10-11(6-13(12)22-2)16-8-17-15(10)9-4-14(23-7-9)18-24(3,19)20/h4-8,18H,1-3H3. The number of aromatic nitrogens is 2. The highest BCUT2D eigenvalue weighted by molar-refractivity contribution is 7.92. The van der Waals surface area contributed by atoms with Crippen LogP contribution in [0.25, 0.3) is 22.2 Å². The van der Waals surface area contributed by atoms with E-state index < -0.39 is 10.0 Å². The minimum Gasteiger partial charge on any atom is -0.493 e. The monoisotopic (exact) mass is 349 g/mol. The number of sulfonamides is 1. The van der Waals surface area contributed by atoms with Crippen LogP contribution >= 0.6 is 0 Å². The maximum atomic E-state index is 11.3. The van der Waals surface area contributed by atoms with E-state index in [4.69, 9.17) is 13.9 Å². The van der Waals surface area contributed by atoms with Crippen LogP contribution in [0.5, 0.6) is 11.5 Å². The third-order valence-corrected chi connectivity index (χ3v) is 3.87. The molecule has 1 N–H and O–H groups in total. The molecule has 1 aromatic carbocycles. The third kappa shape index (κ3) is 3.11. The van der Waals surface area contributed by atoms with E-state index in [2.05, 4.69) is 14.7 Å². The van der Waals surface area contributed by atoms with Crippen molar-refractivity contribution >= 4 is 26.8 Å². The molecule has 0 amide bonds.